The highest BCUT2D eigenvalue weighted by atomic mass is 16.6. The summed E-state index contributed by atoms with van der Waals surface area (Å²) in [5.41, 5.74) is 5.54. The van der Waals surface area contributed by atoms with Gasteiger partial charge in [-0.25, -0.2) is 14.8 Å². The molecule has 1 spiro atoms. The zero-order valence-corrected chi connectivity index (χ0v) is 27.7. The van der Waals surface area contributed by atoms with Crippen molar-refractivity contribution in [1.29, 1.82) is 0 Å². The molecule has 8 rings (SSSR count). The van der Waals surface area contributed by atoms with Crippen LogP contribution in [0.1, 0.15) is 82.2 Å². The molecule has 1 saturated carbocycles. The fourth-order valence-corrected chi connectivity index (χ4v) is 8.38. The number of piperidine rings is 1. The van der Waals surface area contributed by atoms with Gasteiger partial charge in [0.05, 0.1) is 11.7 Å². The zero-order chi connectivity index (χ0) is 32.5. The second-order valence-electron chi connectivity index (χ2n) is 15.2. The van der Waals surface area contributed by atoms with Crippen LogP contribution in [-0.4, -0.2) is 90.5 Å². The Morgan fingerprint density at radius 1 is 1.04 bits per heavy atom. The van der Waals surface area contributed by atoms with Crippen LogP contribution in [0, 0.1) is 5.41 Å². The molecule has 4 aliphatic rings. The molecule has 1 amide bonds. The molecule has 3 aromatic heterocycles. The number of hydrogen-bond acceptors (Lipinski definition) is 9. The largest absolute Gasteiger partial charge is 0.507 e. The summed E-state index contributed by atoms with van der Waals surface area (Å²) < 4.78 is 5.55. The Hall–Kier alpha value is -4.25. The molecule has 11 nitrogen and oxygen atoms in total. The van der Waals surface area contributed by atoms with E-state index in [0.717, 1.165) is 69.0 Å². The van der Waals surface area contributed by atoms with Crippen molar-refractivity contribution in [2.75, 3.05) is 37.6 Å². The number of nitrogens with one attached hydrogen (secondary N) is 1. The number of ether oxygens (including phenoxy) is 1. The van der Waals surface area contributed by atoms with E-state index >= 15 is 0 Å². The highest BCUT2D eigenvalue weighted by Gasteiger charge is 2.55. The lowest BCUT2D eigenvalue weighted by molar-refractivity contribution is -0.110. The number of rotatable bonds is 4. The summed E-state index contributed by atoms with van der Waals surface area (Å²) in [5, 5.41) is 20.3. The van der Waals surface area contributed by atoms with Gasteiger partial charge in [-0.1, -0.05) is 12.1 Å². The molecule has 11 heteroatoms. The van der Waals surface area contributed by atoms with Crippen LogP contribution < -0.4 is 4.90 Å². The second-order valence-corrected chi connectivity index (χ2v) is 15.2. The Kier molecular flexibility index (Phi) is 7.16. The first-order valence-electron chi connectivity index (χ1n) is 17.0. The second kappa shape index (κ2) is 11.2. The first-order valence-corrected chi connectivity index (χ1v) is 17.0. The van der Waals surface area contributed by atoms with Crippen LogP contribution in [0.2, 0.25) is 0 Å². The third kappa shape index (κ3) is 5.48. The number of amides is 1. The standard InChI is InChI=1S/C36H44N8O3/c1-22-31-27-15-29(26-7-5-6-8-30(26)45)40-41-32(27)39-28(31)11-14-44(22)33-37-18-24(19-38-33)23-9-12-42(13-10-23)25-16-36(17-25)20-43(21-36)34(46)47-35(2,3)4/h5-8,15,18-19,22-23,25,45H,9-14,16-17,20-21H2,1-4H3,(H,39,41). The maximum atomic E-state index is 12.4. The molecule has 0 bridgehead atoms. The number of aromatic hydroxyl groups is 1. The van der Waals surface area contributed by atoms with E-state index in [2.05, 4.69) is 31.9 Å². The number of phenols is 1. The minimum absolute atomic E-state index is 0.0562. The predicted octanol–water partition coefficient (Wildman–Crippen LogP) is 5.82. The molecule has 3 aliphatic heterocycles. The van der Waals surface area contributed by atoms with E-state index in [9.17, 15) is 9.90 Å². The highest BCUT2D eigenvalue weighted by Crippen LogP contribution is 2.51. The number of carbonyl (C=O) groups excluding carboxylic acids is 1. The summed E-state index contributed by atoms with van der Waals surface area (Å²) >= 11 is 0. The van der Waals surface area contributed by atoms with Gasteiger partial charge in [0.15, 0.2) is 5.65 Å². The van der Waals surface area contributed by atoms with E-state index in [-0.39, 0.29) is 17.9 Å². The van der Waals surface area contributed by atoms with Crippen molar-refractivity contribution in [1.82, 2.24) is 34.9 Å². The number of hydrogen-bond donors (Lipinski definition) is 2. The van der Waals surface area contributed by atoms with Crippen LogP contribution in [0.3, 0.4) is 0 Å². The first-order chi connectivity index (χ1) is 22.6. The molecule has 47 heavy (non-hydrogen) atoms. The van der Waals surface area contributed by atoms with Gasteiger partial charge in [0.25, 0.3) is 0 Å². The van der Waals surface area contributed by atoms with E-state index in [1.807, 2.05) is 56.3 Å². The Morgan fingerprint density at radius 3 is 2.47 bits per heavy atom. The minimum atomic E-state index is -0.442. The molecular formula is C36H44N8O3. The average molecular weight is 637 g/mol. The Bertz CT molecular complexity index is 1790. The quantitative estimate of drug-likeness (QED) is 0.285. The molecule has 1 atom stereocenters. The topological polar surface area (TPSA) is 124 Å². The average Bonchev–Trinajstić information content (AvgIpc) is 3.38. The number of anilines is 1. The van der Waals surface area contributed by atoms with Crippen molar-refractivity contribution in [2.45, 2.75) is 83.4 Å². The molecule has 1 unspecified atom stereocenters. The smallest absolute Gasteiger partial charge is 0.410 e. The van der Waals surface area contributed by atoms with Gasteiger partial charge in [-0.15, -0.1) is 10.2 Å². The number of nitrogens with zero attached hydrogens (tertiary/aromatic N) is 7. The van der Waals surface area contributed by atoms with E-state index in [4.69, 9.17) is 14.7 Å². The van der Waals surface area contributed by atoms with Crippen LogP contribution in [0.25, 0.3) is 22.3 Å². The molecule has 6 heterocycles. The van der Waals surface area contributed by atoms with Gasteiger partial charge in [-0.3, -0.25) is 0 Å². The minimum Gasteiger partial charge on any atom is -0.507 e. The van der Waals surface area contributed by atoms with Gasteiger partial charge >= 0.3 is 6.09 Å². The fourth-order valence-electron chi connectivity index (χ4n) is 8.38. The molecule has 2 N–H and O–H groups in total. The van der Waals surface area contributed by atoms with E-state index in [0.29, 0.717) is 28.6 Å². The SMILES string of the molecule is CC1c2c([nH]c3nnc(-c4ccccc4O)cc23)CCN1c1ncc(C2CCN(C3CC4(C3)CN(C(=O)OC(C)(C)C)C4)CC2)cn1. The van der Waals surface area contributed by atoms with Gasteiger partial charge in [-0.2, -0.15) is 0 Å². The Morgan fingerprint density at radius 2 is 1.77 bits per heavy atom. The molecule has 1 aliphatic carbocycles. The van der Waals surface area contributed by atoms with Gasteiger partial charge in [0.2, 0.25) is 5.95 Å². The van der Waals surface area contributed by atoms with Crippen molar-refractivity contribution < 1.29 is 14.6 Å². The van der Waals surface area contributed by atoms with E-state index < -0.39 is 5.60 Å². The van der Waals surface area contributed by atoms with Gasteiger partial charge < -0.3 is 29.5 Å². The molecule has 4 aromatic rings. The molecule has 3 fully saturated rings. The van der Waals surface area contributed by atoms with Crippen LogP contribution >= 0.6 is 0 Å². The molecule has 1 aromatic carbocycles. The number of likely N-dealkylation sites (tertiary alicyclic amines) is 2. The van der Waals surface area contributed by atoms with Crippen molar-refractivity contribution in [3.63, 3.8) is 0 Å². The van der Waals surface area contributed by atoms with Crippen molar-refractivity contribution in [3.05, 3.63) is 59.5 Å². The number of benzene rings is 1. The molecule has 246 valence electrons. The summed E-state index contributed by atoms with van der Waals surface area (Å²) in [6.07, 6.45) is 9.36. The summed E-state index contributed by atoms with van der Waals surface area (Å²) in [7, 11) is 0. The number of aromatic amines is 1. The summed E-state index contributed by atoms with van der Waals surface area (Å²) in [6.45, 7) is 12.6. The lowest BCUT2D eigenvalue weighted by Gasteiger charge is -2.61. The summed E-state index contributed by atoms with van der Waals surface area (Å²) in [6, 6.07) is 9.94. The van der Waals surface area contributed by atoms with Crippen LogP contribution in [0.15, 0.2) is 42.7 Å². The number of fused-ring (bicyclic) bond motifs is 3. The number of carbonyl (C=O) groups is 1. The molecule has 2 saturated heterocycles. The number of phenolic OH excluding ortho intramolecular Hbond substituents is 1. The predicted molar refractivity (Wildman–Crippen MR) is 179 cm³/mol. The number of aromatic nitrogens is 5. The maximum absolute atomic E-state index is 12.4. The summed E-state index contributed by atoms with van der Waals surface area (Å²) in [4.78, 5) is 32.4. The lowest BCUT2D eigenvalue weighted by atomic mass is 9.60. The zero-order valence-electron chi connectivity index (χ0n) is 27.7. The van der Waals surface area contributed by atoms with Crippen molar-refractivity contribution in [3.8, 4) is 17.0 Å². The lowest BCUT2D eigenvalue weighted by Crippen LogP contribution is -2.68. The fraction of sp³-hybridized carbons (Fsp3) is 0.528. The normalized spacial score (nSPS) is 21.8. The summed E-state index contributed by atoms with van der Waals surface area (Å²) in [5.74, 6) is 1.42. The first kappa shape index (κ1) is 30.1. The van der Waals surface area contributed by atoms with Gasteiger partial charge in [-0.05, 0) is 96.1 Å². The van der Waals surface area contributed by atoms with Crippen molar-refractivity contribution >= 4 is 23.1 Å². The van der Waals surface area contributed by atoms with Gasteiger partial charge in [0, 0.05) is 72.1 Å². The van der Waals surface area contributed by atoms with Crippen LogP contribution in [0.5, 0.6) is 5.75 Å². The number of H-pyrrole nitrogens is 1. The van der Waals surface area contributed by atoms with Crippen LogP contribution in [-0.2, 0) is 11.2 Å². The van der Waals surface area contributed by atoms with Crippen molar-refractivity contribution in [2.24, 2.45) is 5.41 Å². The van der Waals surface area contributed by atoms with Gasteiger partial charge in [0.1, 0.15) is 11.4 Å². The number of para-hydroxylation sites is 1. The highest BCUT2D eigenvalue weighted by molar-refractivity contribution is 5.86. The Labute approximate surface area is 275 Å². The van der Waals surface area contributed by atoms with Crippen LogP contribution in [0.4, 0.5) is 10.7 Å². The van der Waals surface area contributed by atoms with E-state index in [1.54, 1.807) is 12.1 Å². The third-order valence-corrected chi connectivity index (χ3v) is 10.8. The third-order valence-electron chi connectivity index (χ3n) is 10.8. The molecule has 0 radical (unpaired) electrons. The Balaban J connectivity index is 0.879. The monoisotopic (exact) mass is 636 g/mol. The van der Waals surface area contributed by atoms with E-state index in [1.165, 1.54) is 29.7 Å². The molecular weight excluding hydrogens is 592 g/mol. The maximum Gasteiger partial charge on any atom is 0.410 e.